The van der Waals surface area contributed by atoms with Gasteiger partial charge in [-0.3, -0.25) is 0 Å². The molecule has 1 atom stereocenters. The van der Waals surface area contributed by atoms with Gasteiger partial charge in [0.2, 0.25) is 0 Å². The molecule has 0 heterocycles. The number of hydrogen-bond donors (Lipinski definition) is 1. The second-order valence-corrected chi connectivity index (χ2v) is 1.54. The fourth-order valence-corrected chi connectivity index (χ4v) is 0.314. The second kappa shape index (κ2) is 5.03. The van der Waals surface area contributed by atoms with Crippen LogP contribution in [0.25, 0.3) is 0 Å². The van der Waals surface area contributed by atoms with Crippen LogP contribution in [-0.2, 0) is 9.62 Å². The minimum Gasteiger partial charge on any atom is -0.350 e. The van der Waals surface area contributed by atoms with E-state index < -0.39 is 6.29 Å². The van der Waals surface area contributed by atoms with Crippen LogP contribution < -0.4 is 0 Å². The van der Waals surface area contributed by atoms with E-state index in [1.165, 1.54) is 0 Å². The van der Waals surface area contributed by atoms with E-state index in [4.69, 9.17) is 9.99 Å². The highest BCUT2D eigenvalue weighted by Crippen LogP contribution is 1.90. The number of ether oxygens (including phenoxy) is 1. The van der Waals surface area contributed by atoms with Crippen LogP contribution >= 0.6 is 0 Å². The van der Waals surface area contributed by atoms with Gasteiger partial charge in [-0.1, -0.05) is 6.92 Å². The largest absolute Gasteiger partial charge is 0.350 e. The van der Waals surface area contributed by atoms with Crippen LogP contribution in [0.4, 0.5) is 0 Å². The van der Waals surface area contributed by atoms with Gasteiger partial charge < -0.3 is 4.74 Å². The van der Waals surface area contributed by atoms with Crippen LogP contribution in [0, 0.1) is 0 Å². The van der Waals surface area contributed by atoms with Crippen molar-refractivity contribution in [2.24, 2.45) is 0 Å². The van der Waals surface area contributed by atoms with Gasteiger partial charge in [-0.15, -0.1) is 0 Å². The molecule has 0 rings (SSSR count). The van der Waals surface area contributed by atoms with E-state index >= 15 is 0 Å². The minimum atomic E-state index is -0.491. The highest BCUT2D eigenvalue weighted by Gasteiger charge is 1.96. The zero-order valence-electron chi connectivity index (χ0n) is 5.26. The predicted octanol–water partition coefficient (Wildman–Crippen LogP) is 1.25. The third kappa shape index (κ3) is 4.05. The third-order valence-corrected chi connectivity index (χ3v) is 0.705. The van der Waals surface area contributed by atoms with Crippen molar-refractivity contribution in [1.29, 1.82) is 0 Å². The van der Waals surface area contributed by atoms with E-state index in [-0.39, 0.29) is 0 Å². The lowest BCUT2D eigenvalue weighted by molar-refractivity contribution is -0.339. The summed E-state index contributed by atoms with van der Waals surface area (Å²) in [6.07, 6.45) is 0.447. The van der Waals surface area contributed by atoms with Gasteiger partial charge >= 0.3 is 0 Å². The van der Waals surface area contributed by atoms with Crippen LogP contribution in [-0.4, -0.2) is 18.2 Å². The molecule has 3 heteroatoms. The van der Waals surface area contributed by atoms with Crippen LogP contribution in [0.2, 0.25) is 0 Å². The van der Waals surface area contributed by atoms with E-state index in [0.717, 1.165) is 6.42 Å². The molecule has 0 spiro atoms. The van der Waals surface area contributed by atoms with Gasteiger partial charge in [0.1, 0.15) is 0 Å². The van der Waals surface area contributed by atoms with Crippen molar-refractivity contribution in [2.75, 3.05) is 6.61 Å². The Bertz CT molecular complexity index is 46.9. The maximum atomic E-state index is 7.94. The van der Waals surface area contributed by atoms with Crippen molar-refractivity contribution in [3.8, 4) is 0 Å². The number of hydrogen-bond acceptors (Lipinski definition) is 3. The summed E-state index contributed by atoms with van der Waals surface area (Å²) in [4.78, 5) is 3.83. The molecule has 0 aromatic rings. The lowest BCUT2D eigenvalue weighted by Gasteiger charge is -2.06. The molecule has 8 heavy (non-hydrogen) atoms. The van der Waals surface area contributed by atoms with Gasteiger partial charge in [-0.2, -0.15) is 0 Å². The number of rotatable bonds is 4. The van der Waals surface area contributed by atoms with E-state index in [9.17, 15) is 0 Å². The van der Waals surface area contributed by atoms with Gasteiger partial charge in [-0.25, -0.2) is 10.1 Å². The van der Waals surface area contributed by atoms with Crippen LogP contribution in [0.1, 0.15) is 20.3 Å². The molecule has 0 amide bonds. The normalized spacial score (nSPS) is 13.9. The Hall–Kier alpha value is -0.120. The van der Waals surface area contributed by atoms with Crippen molar-refractivity contribution in [2.45, 2.75) is 26.6 Å². The van der Waals surface area contributed by atoms with E-state index in [1.54, 1.807) is 6.92 Å². The molecular formula is C5H12O3. The Morgan fingerprint density at radius 2 is 2.25 bits per heavy atom. The molecule has 0 saturated carbocycles. The van der Waals surface area contributed by atoms with Crippen molar-refractivity contribution >= 4 is 0 Å². The molecular weight excluding hydrogens is 108 g/mol. The average Bonchev–Trinajstić information content (AvgIpc) is 1.83. The molecule has 0 aliphatic carbocycles. The van der Waals surface area contributed by atoms with E-state index in [0.29, 0.717) is 6.61 Å². The highest BCUT2D eigenvalue weighted by molar-refractivity contribution is 4.26. The monoisotopic (exact) mass is 120 g/mol. The molecule has 0 saturated heterocycles. The summed E-state index contributed by atoms with van der Waals surface area (Å²) in [5, 5.41) is 7.94. The lowest BCUT2D eigenvalue weighted by Crippen LogP contribution is -2.10. The molecule has 0 aromatic heterocycles. The summed E-state index contributed by atoms with van der Waals surface area (Å²) < 4.78 is 4.87. The average molecular weight is 120 g/mol. The molecule has 0 aliphatic rings. The van der Waals surface area contributed by atoms with Crippen LogP contribution in [0.5, 0.6) is 0 Å². The summed E-state index contributed by atoms with van der Waals surface area (Å²) >= 11 is 0. The Morgan fingerprint density at radius 3 is 2.62 bits per heavy atom. The predicted molar refractivity (Wildman–Crippen MR) is 29.4 cm³/mol. The van der Waals surface area contributed by atoms with Crippen LogP contribution in [0.15, 0.2) is 0 Å². The Kier molecular flexibility index (Phi) is 4.95. The summed E-state index contributed by atoms with van der Waals surface area (Å²) in [6.45, 7) is 4.25. The summed E-state index contributed by atoms with van der Waals surface area (Å²) in [6, 6.07) is 0. The van der Waals surface area contributed by atoms with Crippen molar-refractivity contribution in [3.63, 3.8) is 0 Å². The molecule has 0 aliphatic heterocycles. The Morgan fingerprint density at radius 1 is 1.62 bits per heavy atom. The zero-order valence-corrected chi connectivity index (χ0v) is 5.26. The SMILES string of the molecule is CCCOC(C)OO. The molecule has 1 N–H and O–H groups in total. The summed E-state index contributed by atoms with van der Waals surface area (Å²) in [7, 11) is 0. The van der Waals surface area contributed by atoms with Gasteiger partial charge in [0, 0.05) is 6.61 Å². The van der Waals surface area contributed by atoms with E-state index in [2.05, 4.69) is 4.89 Å². The quantitative estimate of drug-likeness (QED) is 0.344. The molecule has 0 bridgehead atoms. The van der Waals surface area contributed by atoms with E-state index in [1.807, 2.05) is 6.92 Å². The molecule has 0 radical (unpaired) electrons. The first-order valence-corrected chi connectivity index (χ1v) is 2.73. The Balaban J connectivity index is 2.86. The molecule has 0 fully saturated rings. The first kappa shape index (κ1) is 7.88. The maximum absolute atomic E-state index is 7.94. The van der Waals surface area contributed by atoms with Crippen molar-refractivity contribution in [3.05, 3.63) is 0 Å². The fraction of sp³-hybridized carbons (Fsp3) is 1.00. The topological polar surface area (TPSA) is 38.7 Å². The molecule has 1 unspecified atom stereocenters. The van der Waals surface area contributed by atoms with Gasteiger partial charge in [0.15, 0.2) is 6.29 Å². The maximum Gasteiger partial charge on any atom is 0.188 e. The van der Waals surface area contributed by atoms with Crippen molar-refractivity contribution in [1.82, 2.24) is 0 Å². The highest BCUT2D eigenvalue weighted by atomic mass is 17.1. The zero-order chi connectivity index (χ0) is 6.41. The lowest BCUT2D eigenvalue weighted by atomic mass is 10.5. The molecule has 0 aromatic carbocycles. The summed E-state index contributed by atoms with van der Waals surface area (Å²) in [5.41, 5.74) is 0. The third-order valence-electron chi connectivity index (χ3n) is 0.705. The molecule has 50 valence electrons. The summed E-state index contributed by atoms with van der Waals surface area (Å²) in [5.74, 6) is 0. The standard InChI is InChI=1S/C5H12O3/c1-3-4-7-5(2)8-6/h5-6H,3-4H2,1-2H3. The smallest absolute Gasteiger partial charge is 0.188 e. The molecule has 3 nitrogen and oxygen atoms in total. The first-order valence-electron chi connectivity index (χ1n) is 2.73. The van der Waals surface area contributed by atoms with Gasteiger partial charge in [-0.05, 0) is 13.3 Å². The first-order chi connectivity index (χ1) is 3.81. The second-order valence-electron chi connectivity index (χ2n) is 1.54. The van der Waals surface area contributed by atoms with Crippen molar-refractivity contribution < 1.29 is 14.9 Å². The fourth-order valence-electron chi connectivity index (χ4n) is 0.314. The van der Waals surface area contributed by atoms with Gasteiger partial charge in [0.05, 0.1) is 0 Å². The van der Waals surface area contributed by atoms with Gasteiger partial charge in [0.25, 0.3) is 0 Å². The minimum absolute atomic E-state index is 0.491. The van der Waals surface area contributed by atoms with Crippen LogP contribution in [0.3, 0.4) is 0 Å². The Labute approximate surface area is 49.1 Å².